The summed E-state index contributed by atoms with van der Waals surface area (Å²) >= 11 is 0. The third kappa shape index (κ3) is 10.9. The molecule has 0 aliphatic carbocycles. The molecule has 2 fully saturated rings. The van der Waals surface area contributed by atoms with Crippen LogP contribution < -0.4 is 11.1 Å². The molecule has 0 spiro atoms. The summed E-state index contributed by atoms with van der Waals surface area (Å²) in [5.74, 6) is -1.51. The van der Waals surface area contributed by atoms with E-state index in [-0.39, 0.29) is 26.2 Å². The number of hydrogen-bond donors (Lipinski definition) is 8. The lowest BCUT2D eigenvalue weighted by Gasteiger charge is -2.50. The van der Waals surface area contributed by atoms with Gasteiger partial charge in [-0.25, -0.2) is 0 Å². The maximum absolute atomic E-state index is 11.9. The van der Waals surface area contributed by atoms with Crippen LogP contribution in [0.4, 0.5) is 0 Å². The van der Waals surface area contributed by atoms with E-state index >= 15 is 0 Å². The van der Waals surface area contributed by atoms with Crippen molar-refractivity contribution in [3.8, 4) is 0 Å². The second kappa shape index (κ2) is 17.2. The summed E-state index contributed by atoms with van der Waals surface area (Å²) in [4.78, 5) is 20.9. The highest BCUT2D eigenvalue weighted by molar-refractivity contribution is 5.73. The molecule has 2 aliphatic heterocycles. The first-order valence-corrected chi connectivity index (χ1v) is 12.2. The molecule has 0 unspecified atom stereocenters. The van der Waals surface area contributed by atoms with Crippen molar-refractivity contribution in [2.24, 2.45) is 5.73 Å². The van der Waals surface area contributed by atoms with Crippen LogP contribution in [0.2, 0.25) is 0 Å². The molecule has 9 N–H and O–H groups in total. The van der Waals surface area contributed by atoms with E-state index in [9.17, 15) is 30.3 Å². The van der Waals surface area contributed by atoms with E-state index in [0.717, 1.165) is 13.8 Å². The number of carboxylic acids is 1. The first-order chi connectivity index (χ1) is 17.9. The molecule has 0 aromatic rings. The van der Waals surface area contributed by atoms with Gasteiger partial charge in [0.2, 0.25) is 17.9 Å². The van der Waals surface area contributed by atoms with E-state index in [1.165, 1.54) is 6.92 Å². The van der Waals surface area contributed by atoms with Crippen LogP contribution in [0.25, 0.3) is 0 Å². The fraction of sp³-hybridized carbons (Fsp3) is 0.909. The first-order valence-electron chi connectivity index (χ1n) is 12.2. The van der Waals surface area contributed by atoms with E-state index in [2.05, 4.69) is 5.32 Å². The number of rotatable bonds is 13. The molecule has 16 nitrogen and oxygen atoms in total. The number of nitrogens with two attached hydrogens (primary N) is 1. The third-order valence-electron chi connectivity index (χ3n) is 5.44. The number of ether oxygens (including phenoxy) is 6. The van der Waals surface area contributed by atoms with Crippen molar-refractivity contribution in [3.05, 3.63) is 0 Å². The van der Waals surface area contributed by atoms with E-state index < -0.39 is 73.4 Å². The Bertz CT molecular complexity index is 687. The zero-order valence-corrected chi connectivity index (χ0v) is 21.8. The fourth-order valence-electron chi connectivity index (χ4n) is 3.74. The molecule has 2 heterocycles. The molecule has 0 radical (unpaired) electrons. The minimum atomic E-state index is -2.39. The largest absolute Gasteiger partial charge is 0.481 e. The summed E-state index contributed by atoms with van der Waals surface area (Å²) < 4.78 is 32.9. The molecule has 0 aromatic carbocycles. The lowest BCUT2D eigenvalue weighted by molar-refractivity contribution is -0.378. The van der Waals surface area contributed by atoms with Crippen molar-refractivity contribution >= 4 is 11.9 Å². The van der Waals surface area contributed by atoms with Gasteiger partial charge in [-0.15, -0.1) is 0 Å². The van der Waals surface area contributed by atoms with Crippen LogP contribution in [-0.2, 0) is 38.0 Å². The predicted molar refractivity (Wildman–Crippen MR) is 126 cm³/mol. The smallest absolute Gasteiger partial charge is 0.300 e. The van der Waals surface area contributed by atoms with Crippen molar-refractivity contribution in [1.29, 1.82) is 0 Å². The number of carbonyl (C=O) groups excluding carboxylic acids is 1. The van der Waals surface area contributed by atoms with Gasteiger partial charge in [0.15, 0.2) is 6.29 Å². The molecule has 224 valence electrons. The van der Waals surface area contributed by atoms with Crippen LogP contribution in [0.5, 0.6) is 0 Å². The SMILES string of the molecule is CC(=O)N[C@]1(O)[C@H](OCCOCCOCCN)O[C@H](CO)[C@@H](O)[C@@H]1O[C@H]1C[C@H](O)[C@H](O)[C@H](C)O1.CC(=O)O. The molecule has 0 aromatic heterocycles. The molecular formula is C22H42N2O14. The Balaban J connectivity index is 0.00000168. The van der Waals surface area contributed by atoms with Gasteiger partial charge in [0.1, 0.15) is 24.4 Å². The maximum atomic E-state index is 11.9. The van der Waals surface area contributed by atoms with Crippen molar-refractivity contribution in [1.82, 2.24) is 5.32 Å². The molecule has 2 saturated heterocycles. The highest BCUT2D eigenvalue weighted by atomic mass is 16.7. The van der Waals surface area contributed by atoms with Gasteiger partial charge in [-0.05, 0) is 6.92 Å². The minimum Gasteiger partial charge on any atom is -0.481 e. The van der Waals surface area contributed by atoms with Crippen LogP contribution in [0, 0.1) is 0 Å². The van der Waals surface area contributed by atoms with Crippen molar-refractivity contribution in [3.63, 3.8) is 0 Å². The van der Waals surface area contributed by atoms with Gasteiger partial charge < -0.3 is 70.1 Å². The topological polar surface area (TPSA) is 249 Å². The fourth-order valence-corrected chi connectivity index (χ4v) is 3.74. The van der Waals surface area contributed by atoms with Crippen molar-refractivity contribution in [2.45, 2.75) is 82.1 Å². The normalized spacial score (nSPS) is 35.2. The number of aliphatic hydroxyl groups excluding tert-OH is 4. The van der Waals surface area contributed by atoms with E-state index in [0.29, 0.717) is 19.8 Å². The average molecular weight is 559 g/mol. The standard InChI is InChI=1S/C20H38N2O12.C2H4O2/c1-11-16(26)13(25)9-15(32-11)34-18-17(27)14(10-23)33-19(20(18,28)22-12(2)24)31-8-7-30-6-5-29-4-3-21;1-2(3)4/h11,13-19,23,25-28H,3-10,21H2,1-2H3,(H,22,24);1H3,(H,3,4)/t11-,13-,14+,15-,16+,17+,18-,19+,20+;/m0./s1. The van der Waals surface area contributed by atoms with Crippen LogP contribution in [-0.4, -0.2) is 144 Å². The third-order valence-corrected chi connectivity index (χ3v) is 5.44. The Morgan fingerprint density at radius 3 is 2.13 bits per heavy atom. The van der Waals surface area contributed by atoms with Crippen molar-refractivity contribution in [2.75, 3.05) is 46.2 Å². The zero-order valence-electron chi connectivity index (χ0n) is 21.8. The molecule has 2 aliphatic rings. The Morgan fingerprint density at radius 2 is 1.61 bits per heavy atom. The summed E-state index contributed by atoms with van der Waals surface area (Å²) in [7, 11) is 0. The van der Waals surface area contributed by atoms with E-state index in [4.69, 9.17) is 44.1 Å². The van der Waals surface area contributed by atoms with Crippen LogP contribution in [0.15, 0.2) is 0 Å². The lowest BCUT2D eigenvalue weighted by atomic mass is 9.92. The quantitative estimate of drug-likeness (QED) is 0.0798. The van der Waals surface area contributed by atoms with Crippen LogP contribution >= 0.6 is 0 Å². The van der Waals surface area contributed by atoms with Gasteiger partial charge in [-0.2, -0.15) is 0 Å². The zero-order chi connectivity index (χ0) is 28.9. The maximum Gasteiger partial charge on any atom is 0.300 e. The Labute approximate surface area is 220 Å². The Morgan fingerprint density at radius 1 is 1.03 bits per heavy atom. The molecule has 16 heteroatoms. The molecular weight excluding hydrogens is 516 g/mol. The molecule has 38 heavy (non-hydrogen) atoms. The molecule has 1 amide bonds. The number of amides is 1. The number of nitrogens with one attached hydrogen (secondary N) is 1. The predicted octanol–water partition coefficient (Wildman–Crippen LogP) is -3.77. The summed E-state index contributed by atoms with van der Waals surface area (Å²) in [5, 5.41) is 61.4. The van der Waals surface area contributed by atoms with Gasteiger partial charge in [-0.3, -0.25) is 9.59 Å². The van der Waals surface area contributed by atoms with Gasteiger partial charge in [0.25, 0.3) is 5.97 Å². The first kappa shape index (κ1) is 34.5. The van der Waals surface area contributed by atoms with Gasteiger partial charge in [-0.1, -0.05) is 0 Å². The van der Waals surface area contributed by atoms with Gasteiger partial charge in [0, 0.05) is 26.8 Å². The number of hydrogen-bond acceptors (Lipinski definition) is 14. The second-order valence-corrected chi connectivity index (χ2v) is 8.71. The number of aliphatic carboxylic acids is 1. The average Bonchev–Trinajstić information content (AvgIpc) is 2.82. The Hall–Kier alpha value is -1.54. The highest BCUT2D eigenvalue weighted by Gasteiger charge is 2.58. The van der Waals surface area contributed by atoms with Crippen LogP contribution in [0.3, 0.4) is 0 Å². The molecule has 0 saturated carbocycles. The van der Waals surface area contributed by atoms with Crippen molar-refractivity contribution < 1.29 is 68.6 Å². The van der Waals surface area contributed by atoms with Gasteiger partial charge >= 0.3 is 0 Å². The summed E-state index contributed by atoms with van der Waals surface area (Å²) in [5.41, 5.74) is 2.93. The molecule has 9 atom stereocenters. The highest BCUT2D eigenvalue weighted by Crippen LogP contribution is 2.34. The number of carboxylic acid groups (broad SMARTS) is 1. The summed E-state index contributed by atoms with van der Waals surface area (Å²) in [6, 6.07) is 0. The Kier molecular flexibility index (Phi) is 15.6. The summed E-state index contributed by atoms with van der Waals surface area (Å²) in [6.45, 7) is 4.53. The minimum absolute atomic E-state index is 0.0771. The second-order valence-electron chi connectivity index (χ2n) is 8.71. The lowest BCUT2D eigenvalue weighted by Crippen LogP contribution is -2.75. The van der Waals surface area contributed by atoms with E-state index in [1.807, 2.05) is 0 Å². The van der Waals surface area contributed by atoms with Crippen LogP contribution in [0.1, 0.15) is 27.2 Å². The van der Waals surface area contributed by atoms with E-state index in [1.54, 1.807) is 0 Å². The molecule has 2 rings (SSSR count). The number of carbonyl (C=O) groups is 2. The van der Waals surface area contributed by atoms with Gasteiger partial charge in [0.05, 0.1) is 51.8 Å². The molecule has 0 bridgehead atoms. The number of aliphatic hydroxyl groups is 5. The summed E-state index contributed by atoms with van der Waals surface area (Å²) in [6.07, 6.45) is -10.4. The monoisotopic (exact) mass is 558 g/mol.